The topological polar surface area (TPSA) is 199 Å². The Morgan fingerprint density at radius 1 is 0.205 bits per heavy atom. The van der Waals surface area contributed by atoms with Crippen LogP contribution in [0.25, 0.3) is 65.3 Å². The van der Waals surface area contributed by atoms with Crippen molar-refractivity contribution >= 4 is 43.1 Å². The van der Waals surface area contributed by atoms with Gasteiger partial charge < -0.3 is 59.8 Å². The summed E-state index contributed by atoms with van der Waals surface area (Å²) in [6.07, 6.45) is 13.1. The van der Waals surface area contributed by atoms with Crippen LogP contribution in [0.1, 0.15) is 182 Å². The molecule has 0 saturated heterocycles. The Bertz CT molecular complexity index is 7200. The van der Waals surface area contributed by atoms with Crippen LogP contribution in [0, 0.1) is 0 Å². The zero-order valence-corrected chi connectivity index (χ0v) is 73.9. The first-order chi connectivity index (χ1) is 64.1. The second-order valence-electron chi connectivity index (χ2n) is 36.8. The summed E-state index contributed by atoms with van der Waals surface area (Å²) >= 11 is 0. The van der Waals surface area contributed by atoms with Gasteiger partial charge in [-0.15, -0.1) is 0 Å². The van der Waals surface area contributed by atoms with Gasteiger partial charge in [0.15, 0.2) is 0 Å². The van der Waals surface area contributed by atoms with Crippen molar-refractivity contribution in [3.63, 3.8) is 0 Å². The maximum atomic E-state index is 10.5. The lowest BCUT2D eigenvalue weighted by Gasteiger charge is -2.40. The SMILES string of the molecule is CC1(c2ccc(-c3ccccc3)cc2)c2c(ccc3ccc(O)cc23)Oc2ccc3ccc(O)cc3c21.CC1(c2ccc(-c3ccccc3)cc2)c2ccc(O)cc2Oc2cc(O)ccc21.CC1(c2ccc(C3CCCCC3)cc2)c2c(ccc3cc(O)ccc23)Oc2ccc3cc(O)ccc3c21.CC1(c2ccc(C3CCCCC3)cc2)c2ccc(O)cc2Oc2cc(O)ccc21. The zero-order chi connectivity index (χ0) is 90.3. The van der Waals surface area contributed by atoms with Crippen molar-refractivity contribution in [1.29, 1.82) is 0 Å². The van der Waals surface area contributed by atoms with E-state index >= 15 is 0 Å². The average molecular weight is 1730 g/mol. The molecule has 4 aliphatic heterocycles. The van der Waals surface area contributed by atoms with E-state index < -0.39 is 21.7 Å². The Labute approximate surface area is 767 Å². The van der Waals surface area contributed by atoms with Crippen LogP contribution in [-0.4, -0.2) is 40.9 Å². The van der Waals surface area contributed by atoms with Gasteiger partial charge in [-0.1, -0.05) is 269 Å². The van der Waals surface area contributed by atoms with Crippen molar-refractivity contribution in [1.82, 2.24) is 0 Å². The highest BCUT2D eigenvalue weighted by atomic mass is 16.5. The Morgan fingerprint density at radius 2 is 0.455 bits per heavy atom. The van der Waals surface area contributed by atoms with Crippen molar-refractivity contribution in [2.75, 3.05) is 0 Å². The van der Waals surface area contributed by atoms with Gasteiger partial charge in [0.1, 0.15) is 92.0 Å². The summed E-state index contributed by atoms with van der Waals surface area (Å²) in [6, 6.07) is 116. The van der Waals surface area contributed by atoms with Crippen LogP contribution >= 0.6 is 0 Å². The number of hydrogen-bond donors (Lipinski definition) is 8. The number of ether oxygens (including phenoxy) is 4. The molecule has 0 bridgehead atoms. The van der Waals surface area contributed by atoms with E-state index in [9.17, 15) is 40.9 Å². The molecule has 132 heavy (non-hydrogen) atoms. The van der Waals surface area contributed by atoms with Gasteiger partial charge in [0, 0.05) is 79.6 Å². The van der Waals surface area contributed by atoms with Gasteiger partial charge in [-0.05, 0) is 261 Å². The van der Waals surface area contributed by atoms with E-state index in [1.807, 2.05) is 158 Å². The molecule has 18 aromatic carbocycles. The molecular formula is C120H100O12. The molecule has 12 nitrogen and oxygen atoms in total. The fraction of sp³-hybridized carbons (Fsp3) is 0.167. The van der Waals surface area contributed by atoms with Gasteiger partial charge in [0.05, 0.1) is 10.8 Å². The van der Waals surface area contributed by atoms with Crippen LogP contribution in [0.2, 0.25) is 0 Å². The van der Waals surface area contributed by atoms with Crippen LogP contribution < -0.4 is 18.9 Å². The maximum Gasteiger partial charge on any atom is 0.135 e. The van der Waals surface area contributed by atoms with Gasteiger partial charge in [0.25, 0.3) is 0 Å². The zero-order valence-electron chi connectivity index (χ0n) is 73.9. The normalized spacial score (nSPS) is 15.5. The summed E-state index contributed by atoms with van der Waals surface area (Å²) in [4.78, 5) is 0. The molecule has 0 radical (unpaired) electrons. The van der Waals surface area contributed by atoms with Crippen LogP contribution in [0.4, 0.5) is 0 Å². The number of hydrogen-bond acceptors (Lipinski definition) is 12. The van der Waals surface area contributed by atoms with E-state index in [0.29, 0.717) is 34.8 Å². The second-order valence-corrected chi connectivity index (χ2v) is 36.8. The fourth-order valence-electron chi connectivity index (χ4n) is 22.1. The summed E-state index contributed by atoms with van der Waals surface area (Å²) in [7, 11) is 0. The molecule has 18 aromatic rings. The average Bonchev–Trinajstić information content (AvgIpc) is 0.706. The molecule has 0 atom stereocenters. The third-order valence-corrected chi connectivity index (χ3v) is 29.0. The molecule has 8 N–H and O–H groups in total. The van der Waals surface area contributed by atoms with Gasteiger partial charge in [0.2, 0.25) is 0 Å². The second kappa shape index (κ2) is 33.6. The standard InChI is InChI=1S/C34H24O3.C34H30O3.C26H26O3.C26H20O3/c1-34(25-13-7-22(8-14-25)21-5-3-2-4-6-21)32-28-19-26(35)15-9-23(28)11-17-30(32)37-31-18-12-24-10-16-27(36)20-29(24)33(31)34;1-34(25-11-7-22(8-12-25)21-5-3-2-4-6-21)32-28-15-13-26(35)19-23(28)9-17-30(32)37-31-18-10-24-20-27(36)14-16-29(24)33(31)34;2*1-26(19-9-7-18(8-10-19)17-5-3-2-4-6-17)22-13-11-20(27)15-24(22)29-25-16-21(28)12-14-23(25)26/h2-20,35-36H,1H3;7-21,35-36H,2-6H2,1H3;7-17,27-28H,2-6H2,1H3;2-16,27-28H,1H3. The van der Waals surface area contributed by atoms with Crippen molar-refractivity contribution in [2.45, 2.75) is 125 Å². The fourth-order valence-corrected chi connectivity index (χ4v) is 22.1. The summed E-state index contributed by atoms with van der Waals surface area (Å²) in [5.74, 6) is 8.53. The largest absolute Gasteiger partial charge is 0.508 e. The molecule has 652 valence electrons. The molecule has 6 aliphatic rings. The number of benzene rings is 18. The Balaban J connectivity index is 0.000000107. The van der Waals surface area contributed by atoms with Gasteiger partial charge in [-0.3, -0.25) is 0 Å². The number of fused-ring (bicyclic) bond motifs is 16. The van der Waals surface area contributed by atoms with Crippen molar-refractivity contribution in [2.24, 2.45) is 0 Å². The molecule has 2 saturated carbocycles. The van der Waals surface area contributed by atoms with Gasteiger partial charge in [-0.2, -0.15) is 0 Å². The van der Waals surface area contributed by atoms with Crippen LogP contribution in [0.15, 0.2) is 352 Å². The molecule has 0 aromatic heterocycles. The minimum absolute atomic E-state index is 0.147. The van der Waals surface area contributed by atoms with Gasteiger partial charge >= 0.3 is 0 Å². The predicted molar refractivity (Wildman–Crippen MR) is 526 cm³/mol. The first-order valence-electron chi connectivity index (χ1n) is 45.8. The van der Waals surface area contributed by atoms with E-state index in [2.05, 4.69) is 149 Å². The summed E-state index contributed by atoms with van der Waals surface area (Å²) in [6.45, 7) is 8.86. The summed E-state index contributed by atoms with van der Waals surface area (Å²) in [5, 5.41) is 89.3. The number of aromatic hydroxyl groups is 8. The monoisotopic (exact) mass is 1730 g/mol. The Hall–Kier alpha value is -15.4. The predicted octanol–water partition coefficient (Wildman–Crippen LogP) is 30.3. The highest BCUT2D eigenvalue weighted by Gasteiger charge is 2.47. The molecule has 4 heterocycles. The first kappa shape index (κ1) is 83.5. The lowest BCUT2D eigenvalue weighted by Crippen LogP contribution is -2.30. The highest BCUT2D eigenvalue weighted by Crippen LogP contribution is 2.61. The van der Waals surface area contributed by atoms with Crippen LogP contribution in [0.5, 0.6) is 92.0 Å². The molecular weight excluding hydrogens is 1630 g/mol. The van der Waals surface area contributed by atoms with E-state index in [-0.39, 0.29) is 46.0 Å². The minimum atomic E-state index is -0.626. The van der Waals surface area contributed by atoms with Crippen molar-refractivity contribution in [3.05, 3.63) is 430 Å². The lowest BCUT2D eigenvalue weighted by atomic mass is 9.66. The van der Waals surface area contributed by atoms with Crippen molar-refractivity contribution < 1.29 is 59.8 Å². The third-order valence-electron chi connectivity index (χ3n) is 29.0. The molecule has 0 unspecified atom stereocenters. The molecule has 2 fully saturated rings. The number of phenols is 8. The van der Waals surface area contributed by atoms with E-state index in [1.165, 1.54) is 92.0 Å². The molecule has 0 amide bonds. The van der Waals surface area contributed by atoms with E-state index in [1.54, 1.807) is 72.8 Å². The number of rotatable bonds is 8. The van der Waals surface area contributed by atoms with Gasteiger partial charge in [-0.25, -0.2) is 0 Å². The molecule has 0 spiro atoms. The summed E-state index contributed by atoms with van der Waals surface area (Å²) < 4.78 is 25.2. The van der Waals surface area contributed by atoms with Crippen LogP contribution in [0.3, 0.4) is 0 Å². The lowest BCUT2D eigenvalue weighted by molar-refractivity contribution is 0.409. The van der Waals surface area contributed by atoms with Crippen molar-refractivity contribution in [3.8, 4) is 114 Å². The quantitative estimate of drug-likeness (QED) is 0.0717. The Kier molecular flexibility index (Phi) is 21.2. The number of phenolic OH excluding ortho intramolecular Hbond substituents is 8. The molecule has 24 rings (SSSR count). The minimum Gasteiger partial charge on any atom is -0.508 e. The summed E-state index contributed by atoms with van der Waals surface area (Å²) in [5.41, 5.74) is 18.2. The smallest absolute Gasteiger partial charge is 0.135 e. The van der Waals surface area contributed by atoms with Crippen LogP contribution in [-0.2, 0) is 21.7 Å². The third kappa shape index (κ3) is 14.8. The van der Waals surface area contributed by atoms with E-state index in [4.69, 9.17) is 18.9 Å². The maximum absolute atomic E-state index is 10.5. The van der Waals surface area contributed by atoms with E-state index in [0.717, 1.165) is 138 Å². The molecule has 12 heteroatoms. The molecule has 2 aliphatic carbocycles. The Morgan fingerprint density at radius 3 is 0.788 bits per heavy atom. The first-order valence-corrected chi connectivity index (χ1v) is 45.8. The highest BCUT2D eigenvalue weighted by molar-refractivity contribution is 6.00.